The number of rotatable bonds is 2. The molecule has 10 heavy (non-hydrogen) atoms. The number of carbonyl (C=O) groups is 1. The first-order valence-corrected chi connectivity index (χ1v) is 5.29. The third kappa shape index (κ3) is 3.76. The van der Waals surface area contributed by atoms with Crippen molar-refractivity contribution in [2.24, 2.45) is 0 Å². The molecule has 0 heterocycles. The monoisotopic (exact) mass is 176 g/mol. The van der Waals surface area contributed by atoms with Crippen LogP contribution in [-0.4, -0.2) is 18.9 Å². The third-order valence-electron chi connectivity index (χ3n) is 0.918. The Hall–Kier alpha value is -0.190. The zero-order valence-electron chi connectivity index (χ0n) is 6.00. The molecule has 0 saturated heterocycles. The molecule has 1 atom stereocenters. The third-order valence-corrected chi connectivity index (χ3v) is 1.76. The first kappa shape index (κ1) is 9.81. The van der Waals surface area contributed by atoms with Gasteiger partial charge in [-0.3, -0.25) is 0 Å². The fourth-order valence-electron chi connectivity index (χ4n) is 0.384. The molecular weight excluding hydrogens is 166 g/mol. The average Bonchev–Trinajstić information content (AvgIpc) is 1.98. The van der Waals surface area contributed by atoms with Crippen molar-refractivity contribution in [3.63, 3.8) is 0 Å². The van der Waals surface area contributed by atoms with Gasteiger partial charge in [-0.1, -0.05) is 16.8 Å². The summed E-state index contributed by atoms with van der Waals surface area (Å²) in [5.74, 6) is 1.58. The van der Waals surface area contributed by atoms with E-state index < -0.39 is 0 Å². The van der Waals surface area contributed by atoms with Gasteiger partial charge in [0.15, 0.2) is 0 Å². The van der Waals surface area contributed by atoms with Crippen molar-refractivity contribution in [3.05, 3.63) is 11.6 Å². The van der Waals surface area contributed by atoms with Crippen LogP contribution in [0.1, 0.15) is 6.92 Å². The molecule has 0 N–H and O–H groups in total. The van der Waals surface area contributed by atoms with Crippen LogP contribution < -0.4 is 0 Å². The number of allylic oxidation sites excluding steroid dienone is 1. The number of ether oxygens (including phenoxy) is 1. The fraction of sp³-hybridized carbons (Fsp3) is 0.333. The van der Waals surface area contributed by atoms with Crippen molar-refractivity contribution >= 4 is 28.6 Å². The molecule has 0 aromatic rings. The predicted octanol–water partition coefficient (Wildman–Crippen LogP) is 1.64. The van der Waals surface area contributed by atoms with Gasteiger partial charge in [-0.25, -0.2) is 4.79 Å². The van der Waals surface area contributed by atoms with Gasteiger partial charge in [0.25, 0.3) is 0 Å². The molecule has 0 spiro atoms. The van der Waals surface area contributed by atoms with Gasteiger partial charge in [0.2, 0.25) is 0 Å². The van der Waals surface area contributed by atoms with E-state index in [1.807, 2.05) is 5.80 Å². The number of esters is 1. The zero-order valence-corrected chi connectivity index (χ0v) is 8.04. The quantitative estimate of drug-likeness (QED) is 0.363. The highest BCUT2D eigenvalue weighted by Gasteiger charge is 1.99. The van der Waals surface area contributed by atoms with E-state index in [-0.39, 0.29) is 5.97 Å². The molecule has 0 aliphatic heterocycles. The molecule has 1 unspecified atom stereocenters. The number of methoxy groups -OCH3 is 1. The van der Waals surface area contributed by atoms with Crippen molar-refractivity contribution in [1.82, 2.24) is 0 Å². The summed E-state index contributed by atoms with van der Waals surface area (Å²) in [6, 6.07) is 0. The van der Waals surface area contributed by atoms with Gasteiger partial charge in [0.05, 0.1) is 7.11 Å². The first-order chi connectivity index (χ1) is 4.72. The van der Waals surface area contributed by atoms with Crippen molar-refractivity contribution < 1.29 is 9.53 Å². The molecule has 0 aliphatic carbocycles. The Kier molecular flexibility index (Phi) is 5.48. The molecule has 0 aromatic heterocycles. The highest BCUT2D eigenvalue weighted by Crippen LogP contribution is 2.05. The highest BCUT2D eigenvalue weighted by atomic mass is 32.0. The topological polar surface area (TPSA) is 26.3 Å². The molecule has 56 valence electrons. The molecule has 4 heteroatoms. The summed E-state index contributed by atoms with van der Waals surface area (Å²) >= 11 is 0. The maximum absolute atomic E-state index is 10.7. The molecule has 0 saturated carbocycles. The highest BCUT2D eigenvalue weighted by molar-refractivity contribution is 8.01. The molecule has 0 bridgehead atoms. The van der Waals surface area contributed by atoms with E-state index in [4.69, 9.17) is 0 Å². The molecule has 0 radical (unpaired) electrons. The Labute approximate surface area is 64.5 Å². The van der Waals surface area contributed by atoms with E-state index >= 15 is 0 Å². The SMILES string of the molecule is COC(=O)/C(C)=C/C=PP. The molecule has 0 amide bonds. The Morgan fingerprint density at radius 1 is 1.70 bits per heavy atom. The summed E-state index contributed by atoms with van der Waals surface area (Å²) < 4.78 is 4.47. The minimum atomic E-state index is -0.273. The minimum Gasteiger partial charge on any atom is -0.466 e. The van der Waals surface area contributed by atoms with Gasteiger partial charge in [-0.2, -0.15) is 0 Å². The van der Waals surface area contributed by atoms with Crippen LogP contribution in [0, 0.1) is 0 Å². The van der Waals surface area contributed by atoms with Crippen molar-refractivity contribution in [2.75, 3.05) is 7.11 Å². The van der Waals surface area contributed by atoms with Crippen LogP contribution >= 0.6 is 16.8 Å². The summed E-state index contributed by atoms with van der Waals surface area (Å²) in [7, 11) is 4.94. The normalized spacial score (nSPS) is 12.1. The second kappa shape index (κ2) is 5.58. The summed E-state index contributed by atoms with van der Waals surface area (Å²) in [6.07, 6.45) is 1.74. The van der Waals surface area contributed by atoms with Gasteiger partial charge >= 0.3 is 5.97 Å². The summed E-state index contributed by atoms with van der Waals surface area (Å²) in [6.45, 7) is 1.72. The lowest BCUT2D eigenvalue weighted by Crippen LogP contribution is -2.00. The number of hydrogen-bond donors (Lipinski definition) is 0. The van der Waals surface area contributed by atoms with Crippen LogP contribution in [0.2, 0.25) is 0 Å². The first-order valence-electron chi connectivity index (χ1n) is 2.70. The number of hydrogen-bond acceptors (Lipinski definition) is 2. The molecule has 0 aliphatic rings. The molecule has 0 fully saturated rings. The largest absolute Gasteiger partial charge is 0.466 e. The lowest BCUT2D eigenvalue weighted by atomic mass is 10.3. The fourth-order valence-corrected chi connectivity index (χ4v) is 0.952. The standard InChI is InChI=1S/C6H10O2P2/c1-5(3-4-10-9)6(7)8-2/h3-4H,9H2,1-2H3/b5-3+. The van der Waals surface area contributed by atoms with Crippen LogP contribution in [0.15, 0.2) is 11.6 Å². The molecule has 0 aromatic carbocycles. The maximum atomic E-state index is 10.7. The lowest BCUT2D eigenvalue weighted by molar-refractivity contribution is -0.136. The van der Waals surface area contributed by atoms with Gasteiger partial charge in [0, 0.05) is 5.57 Å². The van der Waals surface area contributed by atoms with E-state index in [0.717, 1.165) is 7.89 Å². The van der Waals surface area contributed by atoms with E-state index in [0.29, 0.717) is 5.57 Å². The van der Waals surface area contributed by atoms with Crippen LogP contribution in [0.5, 0.6) is 0 Å². The smallest absolute Gasteiger partial charge is 0.333 e. The second-order valence-corrected chi connectivity index (χ2v) is 3.13. The van der Waals surface area contributed by atoms with E-state index in [1.165, 1.54) is 7.11 Å². The minimum absolute atomic E-state index is 0.273. The maximum Gasteiger partial charge on any atom is 0.333 e. The van der Waals surface area contributed by atoms with Gasteiger partial charge in [0.1, 0.15) is 0 Å². The molecular formula is C6H10O2P2. The van der Waals surface area contributed by atoms with E-state index in [2.05, 4.69) is 13.7 Å². The van der Waals surface area contributed by atoms with Gasteiger partial charge in [-0.05, 0) is 18.8 Å². The molecule has 0 rings (SSSR count). The van der Waals surface area contributed by atoms with E-state index in [1.54, 1.807) is 13.0 Å². The Balaban J connectivity index is 4.05. The van der Waals surface area contributed by atoms with Crippen LogP contribution in [0.4, 0.5) is 0 Å². The number of carbonyl (C=O) groups excluding carboxylic acids is 1. The van der Waals surface area contributed by atoms with Crippen molar-refractivity contribution in [1.29, 1.82) is 0 Å². The van der Waals surface area contributed by atoms with Gasteiger partial charge < -0.3 is 4.74 Å². The van der Waals surface area contributed by atoms with Crippen molar-refractivity contribution in [2.45, 2.75) is 6.92 Å². The van der Waals surface area contributed by atoms with Crippen LogP contribution in [0.25, 0.3) is 0 Å². The summed E-state index contributed by atoms with van der Waals surface area (Å²) in [5, 5.41) is 0. The summed E-state index contributed by atoms with van der Waals surface area (Å²) in [4.78, 5) is 10.7. The lowest BCUT2D eigenvalue weighted by Gasteiger charge is -1.94. The predicted molar refractivity (Wildman–Crippen MR) is 48.5 cm³/mol. The Bertz CT molecular complexity index is 173. The van der Waals surface area contributed by atoms with Crippen LogP contribution in [0.3, 0.4) is 0 Å². The Morgan fingerprint density at radius 3 is 2.70 bits per heavy atom. The average molecular weight is 176 g/mol. The van der Waals surface area contributed by atoms with Gasteiger partial charge in [-0.15, -0.1) is 0 Å². The van der Waals surface area contributed by atoms with Crippen molar-refractivity contribution in [3.8, 4) is 0 Å². The zero-order chi connectivity index (χ0) is 7.98. The summed E-state index contributed by atoms with van der Waals surface area (Å²) in [5.41, 5.74) is 0.623. The molecule has 2 nitrogen and oxygen atoms in total. The van der Waals surface area contributed by atoms with Crippen LogP contribution in [-0.2, 0) is 9.53 Å². The second-order valence-electron chi connectivity index (χ2n) is 1.64. The van der Waals surface area contributed by atoms with E-state index in [9.17, 15) is 4.79 Å². The Morgan fingerprint density at radius 2 is 2.30 bits per heavy atom.